The van der Waals surface area contributed by atoms with Crippen LogP contribution >= 0.6 is 11.3 Å². The van der Waals surface area contributed by atoms with Crippen LogP contribution in [0.2, 0.25) is 0 Å². The van der Waals surface area contributed by atoms with E-state index in [9.17, 15) is 4.79 Å². The molecular weight excluding hydrogens is 260 g/mol. The summed E-state index contributed by atoms with van der Waals surface area (Å²) in [5, 5.41) is 4.94. The van der Waals surface area contributed by atoms with Crippen molar-refractivity contribution in [1.82, 2.24) is 5.32 Å². The van der Waals surface area contributed by atoms with E-state index in [1.807, 2.05) is 23.6 Å². The summed E-state index contributed by atoms with van der Waals surface area (Å²) in [6.45, 7) is 0.783. The third-order valence-corrected chi connectivity index (χ3v) is 4.77. The van der Waals surface area contributed by atoms with E-state index >= 15 is 0 Å². The molecule has 1 saturated heterocycles. The molecular formula is C14H18N2O2S. The third kappa shape index (κ3) is 2.59. The lowest BCUT2D eigenvalue weighted by atomic mass is 9.68. The summed E-state index contributed by atoms with van der Waals surface area (Å²) < 4.78 is 5.69. The van der Waals surface area contributed by atoms with Crippen molar-refractivity contribution in [3.8, 4) is 0 Å². The van der Waals surface area contributed by atoms with Gasteiger partial charge in [0.1, 0.15) is 0 Å². The molecule has 3 N–H and O–H groups in total. The van der Waals surface area contributed by atoms with Gasteiger partial charge in [0.2, 0.25) is 5.91 Å². The van der Waals surface area contributed by atoms with Gasteiger partial charge >= 0.3 is 0 Å². The van der Waals surface area contributed by atoms with Gasteiger partial charge in [-0.05, 0) is 30.4 Å². The smallest absolute Gasteiger partial charge is 0.244 e. The fourth-order valence-electron chi connectivity index (χ4n) is 2.88. The Morgan fingerprint density at radius 1 is 1.58 bits per heavy atom. The molecule has 1 saturated carbocycles. The van der Waals surface area contributed by atoms with Crippen molar-refractivity contribution in [1.29, 1.82) is 0 Å². The Balaban J connectivity index is 1.55. The minimum atomic E-state index is -0.0959. The first-order chi connectivity index (χ1) is 9.25. The third-order valence-electron chi connectivity index (χ3n) is 3.93. The fourth-order valence-corrected chi connectivity index (χ4v) is 3.50. The second kappa shape index (κ2) is 5.45. The highest BCUT2D eigenvalue weighted by Crippen LogP contribution is 2.36. The normalized spacial score (nSPS) is 33.7. The first-order valence-electron chi connectivity index (χ1n) is 6.65. The number of thiophene rings is 1. The van der Waals surface area contributed by atoms with E-state index in [4.69, 9.17) is 10.5 Å². The van der Waals surface area contributed by atoms with Gasteiger partial charge in [-0.2, -0.15) is 0 Å². The molecule has 1 aromatic rings. The van der Waals surface area contributed by atoms with Gasteiger partial charge < -0.3 is 15.8 Å². The van der Waals surface area contributed by atoms with Gasteiger partial charge in [0, 0.05) is 29.5 Å². The zero-order valence-corrected chi connectivity index (χ0v) is 11.4. The van der Waals surface area contributed by atoms with Crippen molar-refractivity contribution in [2.75, 3.05) is 6.61 Å². The van der Waals surface area contributed by atoms with Gasteiger partial charge in [0.15, 0.2) is 0 Å². The van der Waals surface area contributed by atoms with Crippen LogP contribution in [0.25, 0.3) is 6.08 Å². The molecule has 0 bridgehead atoms. The second-order valence-electron chi connectivity index (χ2n) is 5.10. The number of carbonyl (C=O) groups is 1. The van der Waals surface area contributed by atoms with Crippen LogP contribution < -0.4 is 11.1 Å². The van der Waals surface area contributed by atoms with Crippen LogP contribution in [0.3, 0.4) is 0 Å². The highest BCUT2D eigenvalue weighted by molar-refractivity contribution is 7.10. The molecule has 1 aliphatic heterocycles. The Morgan fingerprint density at radius 2 is 2.47 bits per heavy atom. The Kier molecular flexibility index (Phi) is 3.68. The first-order valence-corrected chi connectivity index (χ1v) is 7.53. The van der Waals surface area contributed by atoms with Gasteiger partial charge in [-0.15, -0.1) is 11.3 Å². The Bertz CT molecular complexity index is 472. The number of nitrogens with one attached hydrogen (secondary N) is 1. The van der Waals surface area contributed by atoms with Gasteiger partial charge in [-0.3, -0.25) is 4.79 Å². The molecule has 1 aliphatic carbocycles. The van der Waals surface area contributed by atoms with Crippen LogP contribution in [0.4, 0.5) is 0 Å². The van der Waals surface area contributed by atoms with Crippen molar-refractivity contribution in [3.05, 3.63) is 28.5 Å². The number of nitrogens with two attached hydrogens (primary N) is 1. The average Bonchev–Trinajstić information content (AvgIpc) is 2.95. The van der Waals surface area contributed by atoms with Crippen LogP contribution in [-0.4, -0.2) is 30.7 Å². The minimum absolute atomic E-state index is 0.0318. The Morgan fingerprint density at radius 3 is 3.26 bits per heavy atom. The summed E-state index contributed by atoms with van der Waals surface area (Å²) in [6.07, 6.45) is 5.69. The number of hydrogen-bond donors (Lipinski definition) is 2. The van der Waals surface area contributed by atoms with Crippen LogP contribution in [0, 0.1) is 5.92 Å². The van der Waals surface area contributed by atoms with E-state index in [1.54, 1.807) is 17.4 Å². The van der Waals surface area contributed by atoms with Gasteiger partial charge in [-0.25, -0.2) is 0 Å². The standard InChI is InChI=1S/C14H18N2O2S/c15-12-10-4-1-7-18-14(10)13(12)16-11(17)6-5-9-3-2-8-19-9/h2-3,5-6,8,10,12-14H,1,4,7,15H2,(H,16,17). The highest BCUT2D eigenvalue weighted by Gasteiger charge is 2.50. The summed E-state index contributed by atoms with van der Waals surface area (Å²) in [4.78, 5) is 12.9. The molecule has 19 heavy (non-hydrogen) atoms. The number of carbonyl (C=O) groups excluding carboxylic acids is 1. The lowest BCUT2D eigenvalue weighted by molar-refractivity contribution is -0.136. The molecule has 0 aromatic carbocycles. The number of fused-ring (bicyclic) bond motifs is 1. The summed E-state index contributed by atoms with van der Waals surface area (Å²) in [7, 11) is 0. The van der Waals surface area contributed by atoms with Crippen molar-refractivity contribution in [2.45, 2.75) is 31.0 Å². The molecule has 2 fully saturated rings. The average molecular weight is 278 g/mol. The number of ether oxygens (including phenoxy) is 1. The van der Waals surface area contributed by atoms with E-state index in [0.29, 0.717) is 5.92 Å². The maximum atomic E-state index is 11.9. The Labute approximate surface area is 116 Å². The molecule has 2 aliphatic rings. The molecule has 4 atom stereocenters. The lowest BCUT2D eigenvalue weighted by Crippen LogP contribution is -2.71. The largest absolute Gasteiger partial charge is 0.376 e. The lowest BCUT2D eigenvalue weighted by Gasteiger charge is -2.52. The van der Waals surface area contributed by atoms with E-state index < -0.39 is 0 Å². The number of hydrogen-bond acceptors (Lipinski definition) is 4. The number of amides is 1. The molecule has 1 amide bonds. The molecule has 0 radical (unpaired) electrons. The molecule has 3 rings (SSSR count). The van der Waals surface area contributed by atoms with Crippen LogP contribution in [0.1, 0.15) is 17.7 Å². The van der Waals surface area contributed by atoms with Crippen molar-refractivity contribution >= 4 is 23.3 Å². The molecule has 4 unspecified atom stereocenters. The highest BCUT2D eigenvalue weighted by atomic mass is 32.1. The molecule has 1 aromatic heterocycles. The molecule has 0 spiro atoms. The van der Waals surface area contributed by atoms with E-state index in [0.717, 1.165) is 24.3 Å². The van der Waals surface area contributed by atoms with Crippen LogP contribution in [-0.2, 0) is 9.53 Å². The molecule has 5 heteroatoms. The summed E-state index contributed by atoms with van der Waals surface area (Å²) >= 11 is 1.61. The second-order valence-corrected chi connectivity index (χ2v) is 6.08. The predicted molar refractivity (Wildman–Crippen MR) is 75.7 cm³/mol. The molecule has 2 heterocycles. The number of rotatable bonds is 3. The van der Waals surface area contributed by atoms with Crippen molar-refractivity contribution in [2.24, 2.45) is 11.7 Å². The summed E-state index contributed by atoms with van der Waals surface area (Å²) in [5.74, 6) is 0.321. The molecule has 4 nitrogen and oxygen atoms in total. The SMILES string of the molecule is NC1C2CCCOC2C1NC(=O)C=Cc1cccs1. The monoisotopic (exact) mass is 278 g/mol. The van der Waals surface area contributed by atoms with E-state index in [2.05, 4.69) is 5.32 Å². The predicted octanol–water partition coefficient (Wildman–Crippen LogP) is 1.38. The maximum absolute atomic E-state index is 11.9. The maximum Gasteiger partial charge on any atom is 0.244 e. The first kappa shape index (κ1) is 12.8. The Hall–Kier alpha value is -1.17. The fraction of sp³-hybridized carbons (Fsp3) is 0.500. The summed E-state index contributed by atoms with van der Waals surface area (Å²) in [6, 6.07) is 3.93. The van der Waals surface area contributed by atoms with Crippen molar-refractivity contribution < 1.29 is 9.53 Å². The quantitative estimate of drug-likeness (QED) is 0.821. The van der Waals surface area contributed by atoms with E-state index in [1.165, 1.54) is 0 Å². The zero-order valence-electron chi connectivity index (χ0n) is 10.6. The van der Waals surface area contributed by atoms with Gasteiger partial charge in [0.05, 0.1) is 12.1 Å². The van der Waals surface area contributed by atoms with Crippen molar-refractivity contribution in [3.63, 3.8) is 0 Å². The van der Waals surface area contributed by atoms with Gasteiger partial charge in [0.25, 0.3) is 0 Å². The zero-order chi connectivity index (χ0) is 13.2. The van der Waals surface area contributed by atoms with Crippen LogP contribution in [0.5, 0.6) is 0 Å². The van der Waals surface area contributed by atoms with Gasteiger partial charge in [-0.1, -0.05) is 6.07 Å². The van der Waals surface area contributed by atoms with Crippen LogP contribution in [0.15, 0.2) is 23.6 Å². The minimum Gasteiger partial charge on any atom is -0.376 e. The summed E-state index contributed by atoms with van der Waals surface area (Å²) in [5.41, 5.74) is 6.10. The topological polar surface area (TPSA) is 64.3 Å². The molecule has 102 valence electrons. The van der Waals surface area contributed by atoms with E-state index in [-0.39, 0.29) is 24.1 Å².